The summed E-state index contributed by atoms with van der Waals surface area (Å²) in [6.45, 7) is 0. The van der Waals surface area contributed by atoms with Crippen LogP contribution >= 0.6 is 0 Å². The van der Waals surface area contributed by atoms with Gasteiger partial charge in [-0.3, -0.25) is 0 Å². The van der Waals surface area contributed by atoms with Gasteiger partial charge in [0.25, 0.3) is 0 Å². The number of hydrogen-bond acceptors (Lipinski definition) is 1. The molecule has 2 aliphatic rings. The van der Waals surface area contributed by atoms with Crippen LogP contribution in [0.15, 0.2) is 24.3 Å². The molecule has 0 aliphatic heterocycles. The molecule has 1 aromatic carbocycles. The SMILES string of the molecule is OC(C1CCCCC1)C1Cc2ccccc21. The Kier molecular flexibility index (Phi) is 2.72. The normalized spacial score (nSPS) is 26.9. The summed E-state index contributed by atoms with van der Waals surface area (Å²) in [6, 6.07) is 8.58. The summed E-state index contributed by atoms with van der Waals surface area (Å²) in [4.78, 5) is 0. The standard InChI is InChI=1S/C15H20O/c16-15(11-6-2-1-3-7-11)14-10-12-8-4-5-9-13(12)14/h4-5,8-9,11,14-16H,1-3,6-7,10H2. The Hall–Kier alpha value is -0.820. The second kappa shape index (κ2) is 4.21. The molecule has 0 saturated heterocycles. The third-order valence-corrected chi connectivity index (χ3v) is 4.44. The Morgan fingerprint density at radius 1 is 1.06 bits per heavy atom. The molecule has 3 rings (SSSR count). The van der Waals surface area contributed by atoms with Gasteiger partial charge in [-0.1, -0.05) is 43.5 Å². The largest absolute Gasteiger partial charge is 0.392 e. The minimum atomic E-state index is -0.0878. The predicted molar refractivity (Wildman–Crippen MR) is 65.5 cm³/mol. The number of rotatable bonds is 2. The molecule has 1 fully saturated rings. The summed E-state index contributed by atoms with van der Waals surface area (Å²) in [6.07, 6.45) is 7.47. The molecule has 0 heterocycles. The minimum absolute atomic E-state index is 0.0878. The van der Waals surface area contributed by atoms with Crippen molar-refractivity contribution < 1.29 is 5.11 Å². The summed E-state index contributed by atoms with van der Waals surface area (Å²) in [7, 11) is 0. The fraction of sp³-hybridized carbons (Fsp3) is 0.600. The van der Waals surface area contributed by atoms with Crippen molar-refractivity contribution in [2.24, 2.45) is 5.92 Å². The maximum atomic E-state index is 10.4. The molecule has 1 heteroatoms. The van der Waals surface area contributed by atoms with E-state index in [2.05, 4.69) is 24.3 Å². The van der Waals surface area contributed by atoms with Gasteiger partial charge in [0.2, 0.25) is 0 Å². The number of fused-ring (bicyclic) bond motifs is 1. The van der Waals surface area contributed by atoms with Gasteiger partial charge in [-0.2, -0.15) is 0 Å². The van der Waals surface area contributed by atoms with Crippen LogP contribution in [0.3, 0.4) is 0 Å². The molecule has 0 aromatic heterocycles. The van der Waals surface area contributed by atoms with E-state index in [-0.39, 0.29) is 6.10 Å². The second-order valence-electron chi connectivity index (χ2n) is 5.40. The van der Waals surface area contributed by atoms with Crippen LogP contribution in [0.25, 0.3) is 0 Å². The zero-order chi connectivity index (χ0) is 11.0. The minimum Gasteiger partial charge on any atom is -0.392 e. The topological polar surface area (TPSA) is 20.2 Å². The molecular weight excluding hydrogens is 196 g/mol. The van der Waals surface area contributed by atoms with Crippen LogP contribution < -0.4 is 0 Å². The van der Waals surface area contributed by atoms with Gasteiger partial charge < -0.3 is 5.11 Å². The first-order chi connectivity index (χ1) is 7.86. The molecule has 0 amide bonds. The van der Waals surface area contributed by atoms with Crippen molar-refractivity contribution in [1.82, 2.24) is 0 Å². The fourth-order valence-corrected chi connectivity index (χ4v) is 3.41. The van der Waals surface area contributed by atoms with Crippen LogP contribution in [-0.2, 0) is 6.42 Å². The Balaban J connectivity index is 1.71. The van der Waals surface area contributed by atoms with Gasteiger partial charge in [0.1, 0.15) is 0 Å². The number of hydrogen-bond donors (Lipinski definition) is 1. The molecule has 2 unspecified atom stereocenters. The molecule has 1 N–H and O–H groups in total. The van der Waals surface area contributed by atoms with Gasteiger partial charge in [-0.15, -0.1) is 0 Å². The highest BCUT2D eigenvalue weighted by Gasteiger charge is 2.36. The summed E-state index contributed by atoms with van der Waals surface area (Å²) < 4.78 is 0. The highest BCUT2D eigenvalue weighted by atomic mass is 16.3. The van der Waals surface area contributed by atoms with Crippen molar-refractivity contribution in [3.05, 3.63) is 35.4 Å². The van der Waals surface area contributed by atoms with Crippen LogP contribution in [0.4, 0.5) is 0 Å². The van der Waals surface area contributed by atoms with E-state index < -0.39 is 0 Å². The Bertz CT molecular complexity index is 365. The van der Waals surface area contributed by atoms with E-state index in [4.69, 9.17) is 0 Å². The van der Waals surface area contributed by atoms with Crippen molar-refractivity contribution in [3.63, 3.8) is 0 Å². The quantitative estimate of drug-likeness (QED) is 0.804. The fourth-order valence-electron chi connectivity index (χ4n) is 3.41. The van der Waals surface area contributed by atoms with Crippen molar-refractivity contribution in [2.75, 3.05) is 0 Å². The lowest BCUT2D eigenvalue weighted by atomic mass is 9.69. The predicted octanol–water partition coefficient (Wildman–Crippen LogP) is 3.27. The van der Waals surface area contributed by atoms with Gasteiger partial charge in [-0.05, 0) is 36.3 Å². The van der Waals surface area contributed by atoms with Gasteiger partial charge in [0.05, 0.1) is 6.10 Å². The Labute approximate surface area is 97.5 Å². The number of aliphatic hydroxyl groups excluding tert-OH is 1. The summed E-state index contributed by atoms with van der Waals surface area (Å²) in [5, 5.41) is 10.4. The Morgan fingerprint density at radius 2 is 1.81 bits per heavy atom. The molecule has 1 saturated carbocycles. The average molecular weight is 216 g/mol. The van der Waals surface area contributed by atoms with E-state index in [1.807, 2.05) is 0 Å². The monoisotopic (exact) mass is 216 g/mol. The summed E-state index contributed by atoms with van der Waals surface area (Å²) in [5.41, 5.74) is 2.85. The smallest absolute Gasteiger partial charge is 0.0640 e. The van der Waals surface area contributed by atoms with E-state index in [1.165, 1.54) is 43.2 Å². The molecule has 1 nitrogen and oxygen atoms in total. The van der Waals surface area contributed by atoms with Crippen molar-refractivity contribution in [2.45, 2.75) is 50.5 Å². The zero-order valence-electron chi connectivity index (χ0n) is 9.73. The lowest BCUT2D eigenvalue weighted by Gasteiger charge is -2.38. The molecule has 1 aromatic rings. The maximum absolute atomic E-state index is 10.4. The first-order valence-corrected chi connectivity index (χ1v) is 6.62. The molecule has 2 atom stereocenters. The van der Waals surface area contributed by atoms with Gasteiger partial charge >= 0.3 is 0 Å². The van der Waals surface area contributed by atoms with E-state index >= 15 is 0 Å². The maximum Gasteiger partial charge on any atom is 0.0640 e. The lowest BCUT2D eigenvalue weighted by molar-refractivity contribution is 0.0534. The van der Waals surface area contributed by atoms with Crippen LogP contribution in [0.5, 0.6) is 0 Å². The first kappa shape index (κ1) is 10.3. The second-order valence-corrected chi connectivity index (χ2v) is 5.40. The van der Waals surface area contributed by atoms with Crippen LogP contribution in [-0.4, -0.2) is 11.2 Å². The highest BCUT2D eigenvalue weighted by molar-refractivity contribution is 5.40. The van der Waals surface area contributed by atoms with Crippen molar-refractivity contribution in [1.29, 1.82) is 0 Å². The molecule has 0 spiro atoms. The average Bonchev–Trinajstić information content (AvgIpc) is 2.32. The van der Waals surface area contributed by atoms with Crippen LogP contribution in [0, 0.1) is 5.92 Å². The van der Waals surface area contributed by atoms with E-state index in [9.17, 15) is 5.11 Å². The molecule has 2 aliphatic carbocycles. The molecule has 86 valence electrons. The van der Waals surface area contributed by atoms with E-state index in [1.54, 1.807) is 0 Å². The van der Waals surface area contributed by atoms with Crippen LogP contribution in [0.2, 0.25) is 0 Å². The third-order valence-electron chi connectivity index (χ3n) is 4.44. The Morgan fingerprint density at radius 3 is 2.56 bits per heavy atom. The van der Waals surface area contributed by atoms with Gasteiger partial charge in [-0.25, -0.2) is 0 Å². The molecule has 0 bridgehead atoms. The molecular formula is C15H20O. The number of benzene rings is 1. The molecule has 0 radical (unpaired) electrons. The van der Waals surface area contributed by atoms with E-state index in [0.717, 1.165) is 6.42 Å². The number of aliphatic hydroxyl groups is 1. The first-order valence-electron chi connectivity index (χ1n) is 6.62. The highest BCUT2D eigenvalue weighted by Crippen LogP contribution is 2.42. The molecule has 16 heavy (non-hydrogen) atoms. The third kappa shape index (κ3) is 1.67. The van der Waals surface area contributed by atoms with Crippen LogP contribution in [0.1, 0.15) is 49.1 Å². The van der Waals surface area contributed by atoms with Crippen molar-refractivity contribution >= 4 is 0 Å². The lowest BCUT2D eigenvalue weighted by Crippen LogP contribution is -2.35. The van der Waals surface area contributed by atoms with Crippen molar-refractivity contribution in [3.8, 4) is 0 Å². The van der Waals surface area contributed by atoms with E-state index in [0.29, 0.717) is 11.8 Å². The summed E-state index contributed by atoms with van der Waals surface area (Å²) >= 11 is 0. The zero-order valence-corrected chi connectivity index (χ0v) is 9.73. The van der Waals surface area contributed by atoms with Gasteiger partial charge in [0, 0.05) is 5.92 Å². The summed E-state index contributed by atoms with van der Waals surface area (Å²) in [5.74, 6) is 0.992. The van der Waals surface area contributed by atoms with Gasteiger partial charge in [0.15, 0.2) is 0 Å².